The molecule has 0 atom stereocenters. The van der Waals surface area contributed by atoms with Gasteiger partial charge in [0.2, 0.25) is 0 Å². The van der Waals surface area contributed by atoms with Gasteiger partial charge in [0.15, 0.2) is 0 Å². The molecule has 0 saturated heterocycles. The highest BCUT2D eigenvalue weighted by molar-refractivity contribution is 6.11. The van der Waals surface area contributed by atoms with Crippen LogP contribution in [0.25, 0.3) is 0 Å². The second kappa shape index (κ2) is 16.0. The van der Waals surface area contributed by atoms with Crippen LogP contribution in [0, 0.1) is 0 Å². The lowest BCUT2D eigenvalue weighted by Gasteiger charge is -2.16. The molecule has 2 saturated carbocycles. The van der Waals surface area contributed by atoms with Crippen molar-refractivity contribution in [1.29, 1.82) is 0 Å². The molecule has 2 aliphatic rings. The van der Waals surface area contributed by atoms with Crippen molar-refractivity contribution in [3.05, 3.63) is 0 Å². The van der Waals surface area contributed by atoms with E-state index in [9.17, 15) is 0 Å². The Labute approximate surface area is 143 Å². The Morgan fingerprint density at radius 1 is 0.471 bits per heavy atom. The Balaban J connectivity index is -0.000000196. The molecule has 0 nitrogen and oxygen atoms in total. The predicted octanol–water partition coefficient (Wildman–Crippen LogP) is 5.08. The van der Waals surface area contributed by atoms with Gasteiger partial charge < -0.3 is 0 Å². The third-order valence-corrected chi connectivity index (χ3v) is 4.63. The van der Waals surface area contributed by atoms with E-state index in [4.69, 9.17) is 0 Å². The molecular weight excluding hydrogens is 304 g/mol. The van der Waals surface area contributed by atoms with Crippen molar-refractivity contribution in [1.82, 2.24) is 0 Å². The summed E-state index contributed by atoms with van der Waals surface area (Å²) in [4.78, 5) is 0. The monoisotopic (exact) mass is 328 g/mol. The summed E-state index contributed by atoms with van der Waals surface area (Å²) >= 11 is 5.81. The molecule has 0 bridgehead atoms. The summed E-state index contributed by atoms with van der Waals surface area (Å²) in [6.07, 6.45) is 14.6. The number of halogens is 3. The fourth-order valence-electron chi connectivity index (χ4n) is 2.27. The Kier molecular flexibility index (Phi) is 22.6. The molecule has 0 aromatic carbocycles. The molecule has 17 heavy (non-hydrogen) atoms. The van der Waals surface area contributed by atoms with E-state index >= 15 is 0 Å². The lowest BCUT2D eigenvalue weighted by atomic mass is 10.0. The van der Waals surface area contributed by atoms with Gasteiger partial charge in [-0.25, -0.2) is 0 Å². The van der Waals surface area contributed by atoms with Gasteiger partial charge in [-0.2, -0.15) is 0 Å². The molecule has 2 fully saturated rings. The largest absolute Gasteiger partial charge is 0.147 e. The molecule has 0 heterocycles. The van der Waals surface area contributed by atoms with Gasteiger partial charge in [-0.15, -0.1) is 46.8 Å². The van der Waals surface area contributed by atoms with Gasteiger partial charge in [0.1, 0.15) is 32.6 Å². The average Bonchev–Trinajstić information content (AvgIpc) is 2.21. The first-order valence-electron chi connectivity index (χ1n) is 6.30. The lowest BCUT2D eigenvalue weighted by Crippen LogP contribution is -1.98. The van der Waals surface area contributed by atoms with E-state index in [2.05, 4.69) is 32.6 Å². The molecule has 2 aliphatic carbocycles. The Morgan fingerprint density at radius 3 is 0.824 bits per heavy atom. The van der Waals surface area contributed by atoms with Gasteiger partial charge in [0.05, 0.1) is 0 Å². The minimum Gasteiger partial charge on any atom is -0.147 e. The highest BCUT2D eigenvalue weighted by Crippen LogP contribution is 2.25. The lowest BCUT2D eigenvalue weighted by molar-refractivity contribution is 0.504. The van der Waals surface area contributed by atoms with Crippen LogP contribution in [0.4, 0.5) is 0 Å². The van der Waals surface area contributed by atoms with Crippen LogP contribution in [0.5, 0.6) is 0 Å². The fraction of sp³-hybridized carbons (Fsp3) is 1.00. The van der Waals surface area contributed by atoms with Crippen LogP contribution >= 0.6 is 37.2 Å². The summed E-state index contributed by atoms with van der Waals surface area (Å²) < 4.78 is 1.91. The van der Waals surface area contributed by atoms with Crippen LogP contribution in [0.3, 0.4) is 0 Å². The summed E-state index contributed by atoms with van der Waals surface area (Å²) in [5, 5.41) is 0. The molecule has 0 aromatic heterocycles. The highest BCUT2D eigenvalue weighted by atomic mass is 35.5. The first-order valence-corrected chi connectivity index (χ1v) is 7.63. The molecule has 4 radical (unpaired) electrons. The van der Waals surface area contributed by atoms with Crippen molar-refractivity contribution >= 4 is 69.8 Å². The molecule has 2 rings (SSSR count). The maximum Gasteiger partial charge on any atom is 0.123 e. The van der Waals surface area contributed by atoms with E-state index < -0.39 is 0 Å². The van der Waals surface area contributed by atoms with Crippen molar-refractivity contribution in [2.24, 2.45) is 0 Å². The minimum atomic E-state index is 0. The standard InChI is InChI=1S/2C6H11.2Al.3ClH/c2*1-2-4-6-5-3-1;;;;;/h2*1H,2-6H2;;;3*1H. The number of hydrogen-bond donors (Lipinski definition) is 0. The van der Waals surface area contributed by atoms with Gasteiger partial charge in [-0.05, 0) is 0 Å². The summed E-state index contributed by atoms with van der Waals surface area (Å²) in [6, 6.07) is 0. The van der Waals surface area contributed by atoms with Crippen LogP contribution in [-0.4, -0.2) is 32.6 Å². The quantitative estimate of drug-likeness (QED) is 0.544. The SMILES string of the molecule is Cl.Cl.Cl.[Al][CH]1CCCCC1.[Al][CH]1CCCCC1. The highest BCUT2D eigenvalue weighted by Gasteiger charge is 2.05. The first kappa shape index (κ1) is 24.0. The van der Waals surface area contributed by atoms with Crippen molar-refractivity contribution in [2.75, 3.05) is 0 Å². The van der Waals surface area contributed by atoms with E-state index in [1.807, 2.05) is 0 Å². The molecule has 100 valence electrons. The third-order valence-electron chi connectivity index (χ3n) is 3.30. The normalized spacial score (nSPS) is 20.7. The van der Waals surface area contributed by atoms with Crippen molar-refractivity contribution in [3.63, 3.8) is 0 Å². The second-order valence-corrected chi connectivity index (χ2v) is 6.68. The van der Waals surface area contributed by atoms with Gasteiger partial charge in [-0.1, -0.05) is 64.2 Å². The molecule has 0 spiro atoms. The van der Waals surface area contributed by atoms with Crippen molar-refractivity contribution < 1.29 is 0 Å². The Hall–Kier alpha value is 1.93. The zero-order valence-corrected chi connectivity index (χ0v) is 15.4. The predicted molar refractivity (Wildman–Crippen MR) is 86.9 cm³/mol. The Morgan fingerprint density at radius 2 is 0.706 bits per heavy atom. The van der Waals surface area contributed by atoms with Crippen LogP contribution in [0.2, 0.25) is 9.56 Å². The average molecular weight is 330 g/mol. The zero-order chi connectivity index (χ0) is 10.2. The summed E-state index contributed by atoms with van der Waals surface area (Å²) in [7, 11) is 0. The molecule has 0 unspecified atom stereocenters. The van der Waals surface area contributed by atoms with Crippen LogP contribution in [0.1, 0.15) is 64.2 Å². The van der Waals surface area contributed by atoms with Gasteiger partial charge in [0.25, 0.3) is 0 Å². The van der Waals surface area contributed by atoms with E-state index in [1.165, 1.54) is 64.2 Å². The minimum absolute atomic E-state index is 0. The van der Waals surface area contributed by atoms with E-state index in [0.29, 0.717) is 0 Å². The van der Waals surface area contributed by atoms with Crippen molar-refractivity contribution in [3.8, 4) is 0 Å². The summed E-state index contributed by atoms with van der Waals surface area (Å²) in [6.45, 7) is 0. The second-order valence-electron chi connectivity index (χ2n) is 4.80. The molecule has 0 aliphatic heterocycles. The van der Waals surface area contributed by atoms with Crippen molar-refractivity contribution in [2.45, 2.75) is 73.8 Å². The third kappa shape index (κ3) is 14.2. The zero-order valence-electron chi connectivity index (χ0n) is 10.6. The van der Waals surface area contributed by atoms with Gasteiger partial charge in [0, 0.05) is 0 Å². The van der Waals surface area contributed by atoms with E-state index in [1.54, 1.807) is 0 Å². The fourth-order valence-corrected chi connectivity index (χ4v) is 3.21. The Bertz CT molecular complexity index is 120. The molecule has 5 heteroatoms. The smallest absolute Gasteiger partial charge is 0.123 e. The van der Waals surface area contributed by atoms with E-state index in [0.717, 1.165) is 9.56 Å². The number of hydrogen-bond acceptors (Lipinski definition) is 0. The molecule has 0 aromatic rings. The summed E-state index contributed by atoms with van der Waals surface area (Å²) in [5.41, 5.74) is 0. The van der Waals surface area contributed by atoms with E-state index in [-0.39, 0.29) is 37.2 Å². The number of rotatable bonds is 0. The van der Waals surface area contributed by atoms with Crippen LogP contribution < -0.4 is 0 Å². The maximum atomic E-state index is 2.91. The summed E-state index contributed by atoms with van der Waals surface area (Å²) in [5.74, 6) is 0. The van der Waals surface area contributed by atoms with Gasteiger partial charge >= 0.3 is 0 Å². The molecule has 0 amide bonds. The topological polar surface area (TPSA) is 0 Å². The van der Waals surface area contributed by atoms with Crippen LogP contribution in [0.15, 0.2) is 0 Å². The first-order chi connectivity index (χ1) is 6.79. The molecule has 0 N–H and O–H groups in total. The van der Waals surface area contributed by atoms with Crippen LogP contribution in [-0.2, 0) is 0 Å². The molecular formula is C12H25Al2Cl3. The van der Waals surface area contributed by atoms with Gasteiger partial charge in [-0.3, -0.25) is 0 Å². The maximum absolute atomic E-state index is 2.91.